The molecule has 0 spiro atoms. The van der Waals surface area contributed by atoms with Gasteiger partial charge in [0.2, 0.25) is 5.43 Å². The molecule has 0 unspecified atom stereocenters. The van der Waals surface area contributed by atoms with Gasteiger partial charge in [0.25, 0.3) is 0 Å². The molecule has 9 heteroatoms. The third-order valence-corrected chi connectivity index (χ3v) is 5.75. The first-order valence-electron chi connectivity index (χ1n) is 7.19. The van der Waals surface area contributed by atoms with Crippen molar-refractivity contribution in [2.45, 2.75) is 11.8 Å². The van der Waals surface area contributed by atoms with E-state index in [0.717, 1.165) is 18.9 Å². The summed E-state index contributed by atoms with van der Waals surface area (Å²) in [6.07, 6.45) is 1.63. The molecule has 0 fully saturated rings. The summed E-state index contributed by atoms with van der Waals surface area (Å²) in [5.74, 6) is -1.57. The molecule has 0 saturated carbocycles. The van der Waals surface area contributed by atoms with E-state index in [1.807, 2.05) is 0 Å². The SMILES string of the molecule is COC(=O)c1c(SC)c(O)cc2oc3c(Cl)c(C)c(Cl)c(O)c3c(=O)c12. The highest BCUT2D eigenvalue weighted by Gasteiger charge is 2.27. The number of carbonyl (C=O) groups excluding carboxylic acids is 1. The summed E-state index contributed by atoms with van der Waals surface area (Å²) in [5, 5.41) is 20.2. The van der Waals surface area contributed by atoms with Crippen molar-refractivity contribution >= 4 is 62.9 Å². The number of aromatic hydroxyl groups is 2. The summed E-state index contributed by atoms with van der Waals surface area (Å²) in [5.41, 5.74) is -0.688. The lowest BCUT2D eigenvalue weighted by Crippen LogP contribution is -2.12. The number of ether oxygens (including phenoxy) is 1. The predicted octanol–water partition coefficient (Wildman–Crippen LogP) is 4.48. The van der Waals surface area contributed by atoms with E-state index in [1.54, 1.807) is 13.2 Å². The van der Waals surface area contributed by atoms with E-state index in [-0.39, 0.29) is 48.2 Å². The molecule has 26 heavy (non-hydrogen) atoms. The molecule has 0 aliphatic heterocycles. The third-order valence-electron chi connectivity index (χ3n) is 4.01. The van der Waals surface area contributed by atoms with Gasteiger partial charge in [-0.25, -0.2) is 4.79 Å². The lowest BCUT2D eigenvalue weighted by molar-refractivity contribution is 0.0598. The number of benzene rings is 2. The van der Waals surface area contributed by atoms with Crippen molar-refractivity contribution in [2.75, 3.05) is 13.4 Å². The van der Waals surface area contributed by atoms with Crippen LogP contribution in [0.25, 0.3) is 21.9 Å². The number of phenolic OH excluding ortho intramolecular Hbond substituents is 2. The fourth-order valence-electron chi connectivity index (χ4n) is 2.75. The van der Waals surface area contributed by atoms with Crippen LogP contribution in [0.15, 0.2) is 20.2 Å². The second-order valence-corrected chi connectivity index (χ2v) is 6.98. The highest BCUT2D eigenvalue weighted by Crippen LogP contribution is 2.43. The Balaban J connectivity index is 2.69. The molecular weight excluding hydrogens is 403 g/mol. The molecule has 3 aromatic rings. The highest BCUT2D eigenvalue weighted by molar-refractivity contribution is 7.98. The Kier molecular flexibility index (Phi) is 4.72. The molecule has 0 radical (unpaired) electrons. The van der Waals surface area contributed by atoms with Crippen molar-refractivity contribution in [3.63, 3.8) is 0 Å². The maximum absolute atomic E-state index is 13.1. The lowest BCUT2D eigenvalue weighted by atomic mass is 10.0. The number of carbonyl (C=O) groups is 1. The van der Waals surface area contributed by atoms with E-state index in [2.05, 4.69) is 0 Å². The Morgan fingerprint density at radius 2 is 1.88 bits per heavy atom. The van der Waals surface area contributed by atoms with Crippen LogP contribution in [-0.4, -0.2) is 29.5 Å². The van der Waals surface area contributed by atoms with Crippen molar-refractivity contribution in [3.8, 4) is 11.5 Å². The molecule has 0 saturated heterocycles. The largest absolute Gasteiger partial charge is 0.507 e. The lowest BCUT2D eigenvalue weighted by Gasteiger charge is -2.13. The molecule has 2 aromatic carbocycles. The van der Waals surface area contributed by atoms with Crippen LogP contribution in [-0.2, 0) is 4.74 Å². The van der Waals surface area contributed by atoms with Crippen LogP contribution in [0, 0.1) is 6.92 Å². The number of hydrogen-bond donors (Lipinski definition) is 2. The van der Waals surface area contributed by atoms with Crippen LogP contribution in [0.1, 0.15) is 15.9 Å². The predicted molar refractivity (Wildman–Crippen MR) is 101 cm³/mol. The molecule has 0 bridgehead atoms. The zero-order valence-corrected chi connectivity index (χ0v) is 16.1. The molecule has 2 N–H and O–H groups in total. The summed E-state index contributed by atoms with van der Waals surface area (Å²) >= 11 is 13.3. The maximum atomic E-state index is 13.1. The zero-order valence-electron chi connectivity index (χ0n) is 13.8. The Hall–Kier alpha value is -2.09. The van der Waals surface area contributed by atoms with E-state index in [9.17, 15) is 19.8 Å². The minimum atomic E-state index is -0.828. The van der Waals surface area contributed by atoms with E-state index in [1.165, 1.54) is 6.07 Å². The van der Waals surface area contributed by atoms with Gasteiger partial charge in [-0.15, -0.1) is 11.8 Å². The quantitative estimate of drug-likeness (QED) is 0.362. The Morgan fingerprint density at radius 1 is 1.23 bits per heavy atom. The van der Waals surface area contributed by atoms with Crippen LogP contribution in [0.2, 0.25) is 10.0 Å². The van der Waals surface area contributed by atoms with Crippen LogP contribution < -0.4 is 5.43 Å². The van der Waals surface area contributed by atoms with Crippen molar-refractivity contribution in [3.05, 3.63) is 37.5 Å². The molecule has 0 atom stereocenters. The number of methoxy groups -OCH3 is 1. The number of thioether (sulfide) groups is 1. The standard InChI is InChI=1S/C17H12Cl2O6S/c1-5-11(18)14(22)10-13(21)8-7(25-15(10)12(5)19)4-6(20)16(26-3)9(8)17(23)24-2/h4,20,22H,1-3H3. The maximum Gasteiger partial charge on any atom is 0.340 e. The zero-order chi connectivity index (χ0) is 19.3. The summed E-state index contributed by atoms with van der Waals surface area (Å²) in [6.45, 7) is 1.56. The van der Waals surface area contributed by atoms with E-state index >= 15 is 0 Å². The van der Waals surface area contributed by atoms with Gasteiger partial charge in [0.05, 0.1) is 33.0 Å². The first kappa shape index (κ1) is 18.7. The smallest absolute Gasteiger partial charge is 0.340 e. The van der Waals surface area contributed by atoms with Gasteiger partial charge in [-0.3, -0.25) is 4.79 Å². The second kappa shape index (κ2) is 6.57. The van der Waals surface area contributed by atoms with E-state index in [0.29, 0.717) is 5.56 Å². The first-order valence-corrected chi connectivity index (χ1v) is 9.17. The summed E-state index contributed by atoms with van der Waals surface area (Å²) < 4.78 is 10.4. The summed E-state index contributed by atoms with van der Waals surface area (Å²) in [4.78, 5) is 25.5. The number of halogens is 2. The Labute approximate surface area is 161 Å². The molecule has 0 aliphatic carbocycles. The van der Waals surface area contributed by atoms with Gasteiger partial charge in [-0.2, -0.15) is 0 Å². The minimum Gasteiger partial charge on any atom is -0.507 e. The monoisotopic (exact) mass is 414 g/mol. The molecule has 136 valence electrons. The summed E-state index contributed by atoms with van der Waals surface area (Å²) in [6, 6.07) is 1.21. The van der Waals surface area contributed by atoms with Crippen molar-refractivity contribution in [1.82, 2.24) is 0 Å². The van der Waals surface area contributed by atoms with Gasteiger partial charge in [0.1, 0.15) is 22.5 Å². The molecule has 1 aromatic heterocycles. The molecule has 1 heterocycles. The molecule has 0 aliphatic rings. The number of fused-ring (bicyclic) bond motifs is 2. The van der Waals surface area contributed by atoms with Gasteiger partial charge in [0, 0.05) is 6.07 Å². The Morgan fingerprint density at radius 3 is 2.46 bits per heavy atom. The fraction of sp³-hybridized carbons (Fsp3) is 0.176. The van der Waals surface area contributed by atoms with E-state index < -0.39 is 17.1 Å². The molecular formula is C17H12Cl2O6S. The number of hydrogen-bond acceptors (Lipinski definition) is 7. The van der Waals surface area contributed by atoms with Crippen LogP contribution in [0.5, 0.6) is 11.5 Å². The normalized spacial score (nSPS) is 11.3. The second-order valence-electron chi connectivity index (χ2n) is 5.41. The molecule has 3 rings (SSSR count). The number of esters is 1. The van der Waals surface area contributed by atoms with Gasteiger partial charge in [0.15, 0.2) is 5.58 Å². The fourth-order valence-corrected chi connectivity index (χ4v) is 3.87. The first-order chi connectivity index (χ1) is 12.2. The molecule has 6 nitrogen and oxygen atoms in total. The van der Waals surface area contributed by atoms with Crippen LogP contribution >= 0.6 is 35.0 Å². The van der Waals surface area contributed by atoms with Crippen molar-refractivity contribution in [2.24, 2.45) is 0 Å². The summed E-state index contributed by atoms with van der Waals surface area (Å²) in [7, 11) is 1.15. The van der Waals surface area contributed by atoms with Gasteiger partial charge >= 0.3 is 5.97 Å². The highest BCUT2D eigenvalue weighted by atomic mass is 35.5. The average molecular weight is 415 g/mol. The Bertz CT molecular complexity index is 1150. The van der Waals surface area contributed by atoms with Gasteiger partial charge < -0.3 is 19.4 Å². The minimum absolute atomic E-state index is 0.0508. The van der Waals surface area contributed by atoms with Crippen LogP contribution in [0.4, 0.5) is 0 Å². The van der Waals surface area contributed by atoms with Gasteiger partial charge in [-0.1, -0.05) is 23.2 Å². The van der Waals surface area contributed by atoms with Gasteiger partial charge in [-0.05, 0) is 18.7 Å². The number of phenols is 2. The van der Waals surface area contributed by atoms with E-state index in [4.69, 9.17) is 32.4 Å². The van der Waals surface area contributed by atoms with Crippen molar-refractivity contribution < 1.29 is 24.2 Å². The molecule has 0 amide bonds. The average Bonchev–Trinajstić information content (AvgIpc) is 2.62. The van der Waals surface area contributed by atoms with Crippen LogP contribution in [0.3, 0.4) is 0 Å². The number of rotatable bonds is 2. The third kappa shape index (κ3) is 2.50. The van der Waals surface area contributed by atoms with Crippen molar-refractivity contribution in [1.29, 1.82) is 0 Å². The topological polar surface area (TPSA) is 97.0 Å².